The summed E-state index contributed by atoms with van der Waals surface area (Å²) in [5.41, 5.74) is 5.85. The molecule has 0 N–H and O–H groups in total. The van der Waals surface area contributed by atoms with Crippen molar-refractivity contribution >= 4 is 12.2 Å². The summed E-state index contributed by atoms with van der Waals surface area (Å²) in [7, 11) is 0. The first-order valence-electron chi connectivity index (χ1n) is 6.19. The minimum atomic E-state index is 0.143. The molecule has 0 nitrogen and oxygen atoms in total. The summed E-state index contributed by atoms with van der Waals surface area (Å²) in [6.07, 6.45) is 15.9. The van der Waals surface area contributed by atoms with Crippen LogP contribution in [0.5, 0.6) is 0 Å². The lowest BCUT2D eigenvalue weighted by molar-refractivity contribution is 0.469. The highest BCUT2D eigenvalue weighted by Crippen LogP contribution is 2.51. The van der Waals surface area contributed by atoms with Gasteiger partial charge >= 0.3 is 0 Å². The molecule has 3 aliphatic carbocycles. The van der Waals surface area contributed by atoms with Gasteiger partial charge in [0.05, 0.1) is 0 Å². The third-order valence-electron chi connectivity index (χ3n) is 4.43. The summed E-state index contributed by atoms with van der Waals surface area (Å²) in [5.74, 6) is 0.501. The number of hydrogen-bond acceptors (Lipinski definition) is 0. The van der Waals surface area contributed by atoms with Crippen molar-refractivity contribution in [3.63, 3.8) is 0 Å². The molecule has 0 saturated carbocycles. The maximum absolute atomic E-state index is 2.38. The fourth-order valence-corrected chi connectivity index (χ4v) is 3.49. The van der Waals surface area contributed by atoms with E-state index in [1.54, 1.807) is 0 Å². The van der Waals surface area contributed by atoms with Gasteiger partial charge in [-0.25, -0.2) is 0 Å². The molecule has 0 heteroatoms. The fourth-order valence-electron chi connectivity index (χ4n) is 3.49. The van der Waals surface area contributed by atoms with Crippen LogP contribution < -0.4 is 0 Å². The zero-order chi connectivity index (χ0) is 11.5. The van der Waals surface area contributed by atoms with Crippen molar-refractivity contribution in [3.8, 4) is 0 Å². The lowest BCUT2D eigenvalue weighted by Gasteiger charge is -2.44. The predicted octanol–water partition coefficient (Wildman–Crippen LogP) is 4.11. The van der Waals surface area contributed by atoms with Gasteiger partial charge in [0.1, 0.15) is 0 Å². The van der Waals surface area contributed by atoms with Crippen LogP contribution in [0, 0.1) is 5.92 Å². The van der Waals surface area contributed by atoms with E-state index in [9.17, 15) is 0 Å². The summed E-state index contributed by atoms with van der Waals surface area (Å²) < 4.78 is 0. The van der Waals surface area contributed by atoms with Crippen molar-refractivity contribution < 1.29 is 0 Å². The van der Waals surface area contributed by atoms with E-state index >= 15 is 0 Å². The van der Waals surface area contributed by atoms with E-state index in [0.717, 1.165) is 0 Å². The highest BCUT2D eigenvalue weighted by Gasteiger charge is 2.42. The van der Waals surface area contributed by atoms with Gasteiger partial charge in [0.15, 0.2) is 0 Å². The highest BCUT2D eigenvalue weighted by atomic mass is 14.4. The first kappa shape index (κ1) is 9.23. The molecule has 1 aromatic rings. The van der Waals surface area contributed by atoms with Crippen molar-refractivity contribution in [2.75, 3.05) is 0 Å². The Balaban J connectivity index is 2.15. The Kier molecular flexibility index (Phi) is 1.57. The van der Waals surface area contributed by atoms with Crippen molar-refractivity contribution in [1.82, 2.24) is 0 Å². The van der Waals surface area contributed by atoms with Gasteiger partial charge in [-0.3, -0.25) is 0 Å². The van der Waals surface area contributed by atoms with Crippen molar-refractivity contribution in [2.45, 2.75) is 12.3 Å². The van der Waals surface area contributed by atoms with Gasteiger partial charge in [-0.05, 0) is 22.3 Å². The number of hydrogen-bond donors (Lipinski definition) is 0. The molecule has 0 amide bonds. The van der Waals surface area contributed by atoms with Gasteiger partial charge in [0, 0.05) is 11.3 Å². The molecule has 17 heavy (non-hydrogen) atoms. The quantitative estimate of drug-likeness (QED) is 0.614. The summed E-state index contributed by atoms with van der Waals surface area (Å²) in [6, 6.07) is 6.61. The second-order valence-electron chi connectivity index (χ2n) is 5.24. The van der Waals surface area contributed by atoms with Crippen LogP contribution in [0.25, 0.3) is 12.2 Å². The minimum absolute atomic E-state index is 0.143. The molecule has 0 saturated heterocycles. The summed E-state index contributed by atoms with van der Waals surface area (Å²) in [4.78, 5) is 0. The lowest BCUT2D eigenvalue weighted by Crippen LogP contribution is -2.37. The average Bonchev–Trinajstić information content (AvgIpc) is 2.35. The monoisotopic (exact) mass is 218 g/mol. The Morgan fingerprint density at radius 2 is 1.82 bits per heavy atom. The Hall–Kier alpha value is -1.82. The fraction of sp³-hybridized carbons (Fsp3) is 0.176. The second-order valence-corrected chi connectivity index (χ2v) is 5.24. The van der Waals surface area contributed by atoms with Gasteiger partial charge in [-0.2, -0.15) is 0 Å². The molecule has 82 valence electrons. The molecule has 2 atom stereocenters. The molecule has 0 aromatic heterocycles. The first-order chi connectivity index (χ1) is 8.30. The highest BCUT2D eigenvalue weighted by molar-refractivity contribution is 5.76. The maximum atomic E-state index is 2.38. The molecule has 0 radical (unpaired) electrons. The van der Waals surface area contributed by atoms with Gasteiger partial charge in [-0.1, -0.05) is 67.7 Å². The summed E-state index contributed by atoms with van der Waals surface area (Å²) >= 11 is 0. The van der Waals surface area contributed by atoms with E-state index in [1.807, 2.05) is 0 Å². The largest absolute Gasteiger partial charge is 0.0764 e. The average molecular weight is 218 g/mol. The van der Waals surface area contributed by atoms with Gasteiger partial charge < -0.3 is 0 Å². The van der Waals surface area contributed by atoms with E-state index in [-0.39, 0.29) is 5.41 Å². The molecule has 0 fully saturated rings. The number of benzene rings is 1. The molecule has 1 aromatic carbocycles. The van der Waals surface area contributed by atoms with Crippen LogP contribution in [-0.4, -0.2) is 0 Å². The molecule has 0 spiro atoms. The van der Waals surface area contributed by atoms with E-state index in [0.29, 0.717) is 5.92 Å². The zero-order valence-electron chi connectivity index (χ0n) is 9.85. The van der Waals surface area contributed by atoms with Crippen LogP contribution in [0.2, 0.25) is 0 Å². The molecule has 2 unspecified atom stereocenters. The van der Waals surface area contributed by atoms with Crippen LogP contribution in [-0.2, 0) is 5.41 Å². The lowest BCUT2D eigenvalue weighted by atomic mass is 9.58. The third-order valence-corrected chi connectivity index (χ3v) is 4.43. The van der Waals surface area contributed by atoms with Gasteiger partial charge in [0.25, 0.3) is 0 Å². The topological polar surface area (TPSA) is 0 Å². The number of allylic oxidation sites excluding steroid dienone is 6. The van der Waals surface area contributed by atoms with E-state index < -0.39 is 0 Å². The molecular weight excluding hydrogens is 204 g/mol. The normalized spacial score (nSPS) is 31.1. The standard InChI is InChI=1S/C17H14/c1-17-14-6-3-7-15(17)11-9-13-5-2-4-12(8-10-14)16(13)17/h2-11,14H,1H3. The van der Waals surface area contributed by atoms with Crippen LogP contribution in [0.4, 0.5) is 0 Å². The third kappa shape index (κ3) is 0.986. The minimum Gasteiger partial charge on any atom is -0.0764 e. The Labute approximate surface area is 102 Å². The van der Waals surface area contributed by atoms with E-state index in [1.165, 1.54) is 22.3 Å². The van der Waals surface area contributed by atoms with E-state index in [2.05, 4.69) is 67.7 Å². The van der Waals surface area contributed by atoms with Crippen molar-refractivity contribution in [3.05, 3.63) is 70.8 Å². The Morgan fingerprint density at radius 1 is 1.00 bits per heavy atom. The first-order valence-corrected chi connectivity index (χ1v) is 6.19. The molecule has 0 bridgehead atoms. The van der Waals surface area contributed by atoms with Crippen molar-refractivity contribution in [1.29, 1.82) is 0 Å². The molecule has 0 heterocycles. The maximum Gasteiger partial charge on any atom is 0.0283 e. The second kappa shape index (κ2) is 2.89. The molecular formula is C17H14. The predicted molar refractivity (Wildman–Crippen MR) is 72.6 cm³/mol. The smallest absolute Gasteiger partial charge is 0.0283 e. The van der Waals surface area contributed by atoms with Gasteiger partial charge in [-0.15, -0.1) is 0 Å². The number of rotatable bonds is 0. The molecule has 3 aliphatic rings. The summed E-state index contributed by atoms with van der Waals surface area (Å²) in [5, 5.41) is 0. The van der Waals surface area contributed by atoms with Gasteiger partial charge in [0.2, 0.25) is 0 Å². The van der Waals surface area contributed by atoms with Crippen molar-refractivity contribution in [2.24, 2.45) is 5.92 Å². The van der Waals surface area contributed by atoms with Crippen LogP contribution in [0.3, 0.4) is 0 Å². The van der Waals surface area contributed by atoms with Crippen LogP contribution in [0.1, 0.15) is 23.6 Å². The summed E-state index contributed by atoms with van der Waals surface area (Å²) in [6.45, 7) is 2.38. The zero-order valence-corrected chi connectivity index (χ0v) is 9.85. The SMILES string of the molecule is CC12C3=CC=CC1C=Cc1cccc(c12)C=C3. The van der Waals surface area contributed by atoms with Crippen LogP contribution in [0.15, 0.2) is 54.2 Å². The van der Waals surface area contributed by atoms with Crippen LogP contribution >= 0.6 is 0 Å². The molecule has 0 aliphatic heterocycles. The Morgan fingerprint density at radius 3 is 2.71 bits per heavy atom. The Bertz CT molecular complexity index is 625. The van der Waals surface area contributed by atoms with E-state index in [4.69, 9.17) is 0 Å². The molecule has 4 rings (SSSR count).